The van der Waals surface area contributed by atoms with E-state index in [1.165, 1.54) is 75.7 Å². The second kappa shape index (κ2) is 23.5. The Morgan fingerprint density at radius 2 is 0.278 bits per heavy atom. The average Bonchev–Trinajstić information content (AvgIpc) is 1.55. The van der Waals surface area contributed by atoms with Gasteiger partial charge in [-0.15, -0.1) is 0 Å². The predicted octanol–water partition coefficient (Wildman–Crippen LogP) is 26.9. The number of hydrogen-bond acceptors (Lipinski definition) is 0. The molecule has 0 N–H and O–H groups in total. The summed E-state index contributed by atoms with van der Waals surface area (Å²) in [6.07, 6.45) is 0. The highest BCUT2D eigenvalue weighted by molar-refractivity contribution is 6.27. The predicted molar refractivity (Wildman–Crippen MR) is 454 cm³/mol. The number of fused-ring (bicyclic) bond motifs is 21. The van der Waals surface area contributed by atoms with E-state index in [0.29, 0.717) is 0 Å². The zero-order chi connectivity index (χ0) is 70.7. The number of hydrogen-bond donors (Lipinski definition) is 0. The number of rotatable bonds is 10. The topological polar surface area (TPSA) is 29.6 Å². The van der Waals surface area contributed by atoms with Crippen LogP contribution in [-0.4, -0.2) is 27.4 Å². The highest BCUT2D eigenvalue weighted by atomic mass is 15.1. The zero-order valence-corrected chi connectivity index (χ0v) is 58.6. The zero-order valence-electron chi connectivity index (χ0n) is 58.6. The summed E-state index contributed by atoms with van der Waals surface area (Å²) in [5.74, 6) is 0. The SMILES string of the molecule is c1ccc(-c2cc(-c3cc(-c4cc(-c5ccccc5)cc(-n5c6ccccc6c6ccc7c8ccccc8n(-c8ccccc8)c7c65)c4)cc(-n4c5ccccc5c5ccc6c7ccccc7n(-c7ccccc7)c6c54)c3)cc(-n3c4ccccc4c4ccc5c6ccccc6n(-c6ccccc6)c5c43)c2)cc1. The molecular formula is C102H64N6. The van der Waals surface area contributed by atoms with Gasteiger partial charge in [-0.3, -0.25) is 0 Å². The molecule has 0 radical (unpaired) electrons. The van der Waals surface area contributed by atoms with Crippen molar-refractivity contribution in [2.75, 3.05) is 0 Å². The molecular weight excluding hydrogens is 1310 g/mol. The first-order valence-electron chi connectivity index (χ1n) is 37.2. The van der Waals surface area contributed by atoms with Crippen LogP contribution in [0, 0.1) is 0 Å². The van der Waals surface area contributed by atoms with Crippen molar-refractivity contribution in [2.24, 2.45) is 0 Å². The van der Waals surface area contributed by atoms with E-state index in [1.54, 1.807) is 0 Å². The van der Waals surface area contributed by atoms with Crippen molar-refractivity contribution in [3.05, 3.63) is 388 Å². The first-order chi connectivity index (χ1) is 53.6. The van der Waals surface area contributed by atoms with Gasteiger partial charge in [0.15, 0.2) is 0 Å². The van der Waals surface area contributed by atoms with Crippen molar-refractivity contribution >= 4 is 131 Å². The summed E-state index contributed by atoms with van der Waals surface area (Å²) < 4.78 is 15.2. The molecule has 0 unspecified atom stereocenters. The van der Waals surface area contributed by atoms with Crippen molar-refractivity contribution in [2.45, 2.75) is 0 Å². The molecule has 6 aromatic heterocycles. The van der Waals surface area contributed by atoms with E-state index in [1.807, 2.05) is 0 Å². The van der Waals surface area contributed by atoms with Crippen molar-refractivity contribution < 1.29 is 0 Å². The number of benzene rings is 17. The van der Waals surface area contributed by atoms with Gasteiger partial charge in [-0.2, -0.15) is 0 Å². The van der Waals surface area contributed by atoms with Crippen LogP contribution in [-0.2, 0) is 0 Å². The molecule has 23 rings (SSSR count). The van der Waals surface area contributed by atoms with Crippen LogP contribution in [0.4, 0.5) is 0 Å². The Hall–Kier alpha value is -14.5. The first-order valence-corrected chi connectivity index (χ1v) is 37.2. The lowest BCUT2D eigenvalue weighted by atomic mass is 9.93. The maximum Gasteiger partial charge on any atom is 0.0788 e. The molecule has 0 aliphatic rings. The van der Waals surface area contributed by atoms with Gasteiger partial charge in [0, 0.05) is 98.8 Å². The van der Waals surface area contributed by atoms with E-state index < -0.39 is 0 Å². The van der Waals surface area contributed by atoms with Crippen LogP contribution >= 0.6 is 0 Å². The molecule has 23 aromatic rings. The molecule has 502 valence electrons. The van der Waals surface area contributed by atoms with E-state index in [0.717, 1.165) is 134 Å². The van der Waals surface area contributed by atoms with Gasteiger partial charge >= 0.3 is 0 Å². The van der Waals surface area contributed by atoms with Crippen LogP contribution in [0.25, 0.3) is 209 Å². The third-order valence-corrected chi connectivity index (χ3v) is 22.9. The Kier molecular flexibility index (Phi) is 13.1. The Morgan fingerprint density at radius 1 is 0.111 bits per heavy atom. The van der Waals surface area contributed by atoms with Gasteiger partial charge in [-0.25, -0.2) is 0 Å². The standard InChI is InChI=1S/C102H64N6/c1-6-28-65(29-7-1)67-56-69(61-76(59-67)106-94-47-25-19-41-82(94)88-53-50-85-79-38-16-22-44-91(79)103(97(85)100(88)106)73-32-10-3-11-33-73)71-58-72(64-78(63-71)108-96-49-27-21-43-84(96)90-55-52-87-81-40-18-24-46-93(81)105(99(87)102(90)108)75-36-14-5-15-37-75)70-57-68(66-30-8-2-9-31-66)60-77(62-70)107-95-48-26-20-42-83(95)89-54-51-86-80-39-17-23-45-92(80)104(98(86)101(89)107)74-34-12-4-13-35-74/h1-64H. The van der Waals surface area contributed by atoms with Crippen molar-refractivity contribution in [3.8, 4) is 78.6 Å². The minimum absolute atomic E-state index is 1.04. The molecule has 0 aliphatic carbocycles. The van der Waals surface area contributed by atoms with E-state index >= 15 is 0 Å². The Bertz CT molecular complexity index is 7300. The maximum absolute atomic E-state index is 2.58. The molecule has 6 heterocycles. The number of aromatic nitrogens is 6. The molecule has 6 nitrogen and oxygen atoms in total. The minimum atomic E-state index is 1.04. The molecule has 0 aliphatic heterocycles. The van der Waals surface area contributed by atoms with Gasteiger partial charge in [0.25, 0.3) is 0 Å². The number of para-hydroxylation sites is 9. The Balaban J connectivity index is 0.862. The van der Waals surface area contributed by atoms with Crippen LogP contribution in [0.2, 0.25) is 0 Å². The molecule has 0 spiro atoms. The lowest BCUT2D eigenvalue weighted by Crippen LogP contribution is -2.01. The summed E-state index contributed by atoms with van der Waals surface area (Å²) in [5.41, 5.74) is 29.1. The summed E-state index contributed by atoms with van der Waals surface area (Å²) in [6.45, 7) is 0. The monoisotopic (exact) mass is 1370 g/mol. The molecule has 0 fully saturated rings. The molecule has 0 atom stereocenters. The van der Waals surface area contributed by atoms with Gasteiger partial charge < -0.3 is 27.4 Å². The Labute approximate surface area is 621 Å². The van der Waals surface area contributed by atoms with Crippen molar-refractivity contribution in [1.82, 2.24) is 27.4 Å². The highest BCUT2D eigenvalue weighted by Crippen LogP contribution is 2.49. The molecule has 6 heteroatoms. The fraction of sp³-hybridized carbons (Fsp3) is 0. The minimum Gasteiger partial charge on any atom is -0.307 e. The van der Waals surface area contributed by atoms with Crippen LogP contribution in [0.3, 0.4) is 0 Å². The quantitative estimate of drug-likeness (QED) is 0.131. The lowest BCUT2D eigenvalue weighted by Gasteiger charge is -2.19. The summed E-state index contributed by atoms with van der Waals surface area (Å²) in [5, 5.41) is 14.4. The summed E-state index contributed by atoms with van der Waals surface area (Å²) in [6, 6.07) is 145. The molecule has 17 aromatic carbocycles. The van der Waals surface area contributed by atoms with Crippen molar-refractivity contribution in [3.63, 3.8) is 0 Å². The van der Waals surface area contributed by atoms with Gasteiger partial charge in [0.2, 0.25) is 0 Å². The van der Waals surface area contributed by atoms with Crippen LogP contribution in [0.15, 0.2) is 388 Å². The smallest absolute Gasteiger partial charge is 0.0788 e. The van der Waals surface area contributed by atoms with E-state index in [-0.39, 0.29) is 0 Å². The largest absolute Gasteiger partial charge is 0.307 e. The maximum atomic E-state index is 2.58. The summed E-state index contributed by atoms with van der Waals surface area (Å²) in [7, 11) is 0. The molecule has 0 amide bonds. The van der Waals surface area contributed by atoms with Crippen molar-refractivity contribution in [1.29, 1.82) is 0 Å². The second-order valence-corrected chi connectivity index (χ2v) is 28.7. The normalized spacial score (nSPS) is 12.1. The van der Waals surface area contributed by atoms with Gasteiger partial charge in [-0.05, 0) is 172 Å². The molecule has 0 saturated carbocycles. The second-order valence-electron chi connectivity index (χ2n) is 28.7. The van der Waals surface area contributed by atoms with Crippen LogP contribution < -0.4 is 0 Å². The first kappa shape index (κ1) is 60.0. The van der Waals surface area contributed by atoms with Gasteiger partial charge in [0.05, 0.1) is 66.2 Å². The molecule has 0 saturated heterocycles. The average molecular weight is 1370 g/mol. The van der Waals surface area contributed by atoms with E-state index in [2.05, 4.69) is 416 Å². The third-order valence-electron chi connectivity index (χ3n) is 22.9. The van der Waals surface area contributed by atoms with Gasteiger partial charge in [-0.1, -0.05) is 261 Å². The third kappa shape index (κ3) is 8.89. The van der Waals surface area contributed by atoms with E-state index in [4.69, 9.17) is 0 Å². The van der Waals surface area contributed by atoms with Crippen LogP contribution in [0.5, 0.6) is 0 Å². The fourth-order valence-corrected chi connectivity index (χ4v) is 18.3. The Morgan fingerprint density at radius 3 is 0.491 bits per heavy atom. The lowest BCUT2D eigenvalue weighted by molar-refractivity contribution is 1.14. The highest BCUT2D eigenvalue weighted by Gasteiger charge is 2.27. The fourth-order valence-electron chi connectivity index (χ4n) is 18.3. The summed E-state index contributed by atoms with van der Waals surface area (Å²) >= 11 is 0. The molecule has 0 bridgehead atoms. The summed E-state index contributed by atoms with van der Waals surface area (Å²) in [4.78, 5) is 0. The number of nitrogens with zero attached hydrogens (tertiary/aromatic N) is 6. The molecule has 108 heavy (non-hydrogen) atoms. The van der Waals surface area contributed by atoms with Gasteiger partial charge in [0.1, 0.15) is 0 Å². The van der Waals surface area contributed by atoms with Crippen LogP contribution in [0.1, 0.15) is 0 Å². The van der Waals surface area contributed by atoms with E-state index in [9.17, 15) is 0 Å².